The van der Waals surface area contributed by atoms with Crippen molar-refractivity contribution in [2.75, 3.05) is 6.54 Å². The van der Waals surface area contributed by atoms with Crippen molar-refractivity contribution in [2.24, 2.45) is 5.73 Å². The number of hydrogen-bond donors (Lipinski definition) is 1. The number of hydrogen-bond acceptors (Lipinski definition) is 4. The molecule has 55 valence electrons. The molecule has 9 heavy (non-hydrogen) atoms. The fourth-order valence-corrected chi connectivity index (χ4v) is 0. The van der Waals surface area contributed by atoms with Gasteiger partial charge in [-0.2, -0.15) is 0 Å². The molecule has 0 heterocycles. The van der Waals surface area contributed by atoms with Gasteiger partial charge in [-0.15, -0.1) is 6.54 Å². The van der Waals surface area contributed by atoms with Gasteiger partial charge >= 0.3 is 16.8 Å². The van der Waals surface area contributed by atoms with Crippen LogP contribution in [0.3, 0.4) is 0 Å². The minimum atomic E-state index is -1.08. The largest absolute Gasteiger partial charge is 2.00 e. The van der Waals surface area contributed by atoms with Crippen molar-refractivity contribution in [1.82, 2.24) is 0 Å². The van der Waals surface area contributed by atoms with Crippen LogP contribution in [0.2, 0.25) is 0 Å². The summed E-state index contributed by atoms with van der Waals surface area (Å²) >= 11 is 0. The van der Waals surface area contributed by atoms with E-state index >= 15 is 0 Å². The van der Waals surface area contributed by atoms with Gasteiger partial charge in [0.1, 0.15) is 0 Å². The van der Waals surface area contributed by atoms with E-state index in [1.807, 2.05) is 0 Å². The van der Waals surface area contributed by atoms with Gasteiger partial charge < -0.3 is 20.4 Å². The van der Waals surface area contributed by atoms with Crippen molar-refractivity contribution >= 4 is 12.3 Å². The number of carbonyl (C=O) groups excluding carboxylic acids is 2. The molecule has 0 atom stereocenters. The molecule has 0 fully saturated rings. The number of rotatable bonds is 1. The normalized spacial score (nSPS) is 5.56. The third kappa shape index (κ3) is 650. The van der Waals surface area contributed by atoms with Gasteiger partial charge in [0.15, 0.2) is 0 Å². The first-order chi connectivity index (χ1) is 3.65. The Balaban J connectivity index is -0.0000000720. The fourth-order valence-electron chi connectivity index (χ4n) is 0. The van der Waals surface area contributed by atoms with E-state index in [-0.39, 0.29) is 23.3 Å². The third-order valence-corrected chi connectivity index (χ3v) is 0.0833. The van der Waals surface area contributed by atoms with Crippen LogP contribution in [0.5, 0.6) is 0 Å². The van der Waals surface area contributed by atoms with E-state index in [0.29, 0.717) is 0 Å². The molecule has 0 aromatic rings. The molecule has 4 nitrogen and oxygen atoms in total. The van der Waals surface area contributed by atoms with Gasteiger partial charge in [0.05, 0.1) is 0 Å². The van der Waals surface area contributed by atoms with Crippen molar-refractivity contribution < 1.29 is 31.5 Å². The zero-order valence-electron chi connectivity index (χ0n) is 4.84. The van der Waals surface area contributed by atoms with Gasteiger partial charge in [-0.1, -0.05) is 0 Å². The summed E-state index contributed by atoms with van der Waals surface area (Å²) in [5.74, 6) is -1.08. The molecule has 0 aliphatic heterocycles. The van der Waals surface area contributed by atoms with Gasteiger partial charge in [0, 0.05) is 5.97 Å². The fraction of sp³-hybridized carbons (Fsp3) is 0.500. The van der Waals surface area contributed by atoms with Crippen molar-refractivity contribution in [1.29, 1.82) is 0 Å². The standard InChI is InChI=1S/C2H4NO.C2H4O2.Co/c3-1-2-4;1-2(3)4;/h1,3H2;1H3,(H,3,4);/q-1;;+2/p-1. The van der Waals surface area contributed by atoms with Gasteiger partial charge in [-0.25, -0.2) is 0 Å². The summed E-state index contributed by atoms with van der Waals surface area (Å²) in [6.45, 7) is 0.986. The summed E-state index contributed by atoms with van der Waals surface area (Å²) in [6.07, 6.45) is 1.46. The summed E-state index contributed by atoms with van der Waals surface area (Å²) in [7, 11) is 0. The molecule has 0 aliphatic carbocycles. The molecule has 0 bridgehead atoms. The number of carboxylic acids is 1. The van der Waals surface area contributed by atoms with Crippen LogP contribution >= 0.6 is 0 Å². The van der Waals surface area contributed by atoms with Crippen molar-refractivity contribution in [2.45, 2.75) is 6.92 Å². The van der Waals surface area contributed by atoms with Crippen LogP contribution in [-0.4, -0.2) is 18.8 Å². The van der Waals surface area contributed by atoms with Crippen LogP contribution in [0.1, 0.15) is 6.92 Å². The van der Waals surface area contributed by atoms with Crippen LogP contribution in [0.4, 0.5) is 0 Å². The Morgan fingerprint density at radius 2 is 1.89 bits per heavy atom. The molecule has 2 N–H and O–H groups in total. The van der Waals surface area contributed by atoms with Crippen LogP contribution in [0, 0.1) is 0 Å². The van der Waals surface area contributed by atoms with Crippen molar-refractivity contribution in [3.8, 4) is 0 Å². The topological polar surface area (TPSA) is 83.2 Å². The molecule has 0 spiro atoms. The van der Waals surface area contributed by atoms with Gasteiger partial charge in [0.25, 0.3) is 0 Å². The smallest absolute Gasteiger partial charge is 0.550 e. The quantitative estimate of drug-likeness (QED) is 0.460. The first-order valence-corrected chi connectivity index (χ1v) is 1.87. The van der Waals surface area contributed by atoms with Gasteiger partial charge in [-0.05, 0) is 6.92 Å². The van der Waals surface area contributed by atoms with Crippen molar-refractivity contribution in [3.63, 3.8) is 0 Å². The van der Waals surface area contributed by atoms with Crippen LogP contribution in [0.25, 0.3) is 0 Å². The molecule has 1 radical (unpaired) electrons. The second kappa shape index (κ2) is 15.6. The third-order valence-electron chi connectivity index (χ3n) is 0.0833. The molecule has 0 amide bonds. The Kier molecular flexibility index (Phi) is 27.5. The molecule has 0 saturated heterocycles. The van der Waals surface area contributed by atoms with Crippen LogP contribution < -0.4 is 10.8 Å². The Labute approximate surface area is 63.6 Å². The van der Waals surface area contributed by atoms with E-state index < -0.39 is 5.97 Å². The Morgan fingerprint density at radius 3 is 1.89 bits per heavy atom. The average Bonchev–Trinajstić information content (AvgIpc) is 1.65. The van der Waals surface area contributed by atoms with E-state index in [4.69, 9.17) is 14.7 Å². The Hall–Kier alpha value is -0.394. The average molecular weight is 176 g/mol. The number of aliphatic carboxylic acids is 1. The van der Waals surface area contributed by atoms with E-state index in [0.717, 1.165) is 6.92 Å². The summed E-state index contributed by atoms with van der Waals surface area (Å²) < 4.78 is 0. The minimum Gasteiger partial charge on any atom is -0.550 e. The molecular formula is C4H7CoNO3. The zero-order chi connectivity index (χ0) is 6.99. The molecule has 0 aliphatic rings. The molecule has 0 rings (SSSR count). The second-order valence-electron chi connectivity index (χ2n) is 0.840. The maximum absolute atomic E-state index is 8.92. The predicted molar refractivity (Wildman–Crippen MR) is 25.4 cm³/mol. The van der Waals surface area contributed by atoms with E-state index in [1.165, 1.54) is 6.29 Å². The molecular weight excluding hydrogens is 169 g/mol. The number of carbonyl (C=O) groups is 1. The Bertz CT molecular complexity index is 72.2. The van der Waals surface area contributed by atoms with E-state index in [9.17, 15) is 0 Å². The predicted octanol–water partition coefficient (Wildman–Crippen LogP) is -2.19. The van der Waals surface area contributed by atoms with Gasteiger partial charge in [0.2, 0.25) is 0 Å². The zero-order valence-corrected chi connectivity index (χ0v) is 5.88. The first kappa shape index (κ1) is 15.8. The molecule has 0 aromatic carbocycles. The summed E-state index contributed by atoms with van der Waals surface area (Å²) in [5.41, 5.74) is 4.60. The molecule has 0 aromatic heterocycles. The van der Waals surface area contributed by atoms with Crippen LogP contribution in [-0.2, 0) is 26.4 Å². The SMILES string of the molecule is CC(=O)[O-].NC[C-]=O.[Co+2]. The minimum absolute atomic E-state index is 0. The maximum atomic E-state index is 8.92. The number of nitrogens with two attached hydrogens (primary N) is 1. The molecule has 0 unspecified atom stereocenters. The molecule has 0 saturated carbocycles. The molecule has 5 heteroatoms. The summed E-state index contributed by atoms with van der Waals surface area (Å²) in [5, 5.41) is 8.89. The van der Waals surface area contributed by atoms with Crippen molar-refractivity contribution in [3.05, 3.63) is 0 Å². The van der Waals surface area contributed by atoms with Gasteiger partial charge in [-0.3, -0.25) is 6.29 Å². The summed E-state index contributed by atoms with van der Waals surface area (Å²) in [4.78, 5) is 17.8. The van der Waals surface area contributed by atoms with Crippen LogP contribution in [0.15, 0.2) is 0 Å². The Morgan fingerprint density at radius 1 is 1.78 bits per heavy atom. The van der Waals surface area contributed by atoms with E-state index in [1.54, 1.807) is 0 Å². The second-order valence-corrected chi connectivity index (χ2v) is 0.840. The van der Waals surface area contributed by atoms with E-state index in [2.05, 4.69) is 5.73 Å². The first-order valence-electron chi connectivity index (χ1n) is 1.87. The monoisotopic (exact) mass is 176 g/mol. The summed E-state index contributed by atoms with van der Waals surface area (Å²) in [6, 6.07) is 0. The maximum Gasteiger partial charge on any atom is 2.00 e. The number of carboxylic acid groups (broad SMARTS) is 1.